The molecule has 0 aliphatic rings. The minimum Gasteiger partial charge on any atom is -0.368 e. The van der Waals surface area contributed by atoms with Crippen molar-refractivity contribution in [2.45, 2.75) is 27.2 Å². The number of aromatic nitrogens is 1. The first kappa shape index (κ1) is 16.6. The zero-order chi connectivity index (χ0) is 15.0. The van der Waals surface area contributed by atoms with Crippen molar-refractivity contribution in [1.82, 2.24) is 9.88 Å². The maximum absolute atomic E-state index is 13.6. The molecule has 4 nitrogen and oxygen atoms in total. The molecule has 0 aliphatic carbocycles. The molecular formula is C14H24F2N4. The van der Waals surface area contributed by atoms with Crippen LogP contribution >= 0.6 is 0 Å². The molecule has 1 heterocycles. The summed E-state index contributed by atoms with van der Waals surface area (Å²) in [4.78, 5) is 6.22. The average Bonchev–Trinajstić information content (AvgIpc) is 2.43. The zero-order valence-corrected chi connectivity index (χ0v) is 12.5. The van der Waals surface area contributed by atoms with Crippen LogP contribution in [0.1, 0.15) is 27.2 Å². The molecule has 0 atom stereocenters. The second-order valence-electron chi connectivity index (χ2n) is 4.49. The van der Waals surface area contributed by atoms with Gasteiger partial charge in [0.1, 0.15) is 0 Å². The van der Waals surface area contributed by atoms with Gasteiger partial charge in [0, 0.05) is 19.2 Å². The molecule has 0 radical (unpaired) electrons. The van der Waals surface area contributed by atoms with E-state index in [1.807, 2.05) is 6.92 Å². The van der Waals surface area contributed by atoms with Gasteiger partial charge < -0.3 is 15.5 Å². The van der Waals surface area contributed by atoms with E-state index < -0.39 is 11.6 Å². The molecule has 0 unspecified atom stereocenters. The van der Waals surface area contributed by atoms with E-state index in [0.717, 1.165) is 32.1 Å². The molecule has 0 aromatic carbocycles. The fraction of sp³-hybridized carbons (Fsp3) is 0.643. The molecule has 1 aromatic rings. The highest BCUT2D eigenvalue weighted by molar-refractivity contribution is 5.47. The summed E-state index contributed by atoms with van der Waals surface area (Å²) in [6.45, 7) is 10.2. The van der Waals surface area contributed by atoms with Crippen molar-refractivity contribution in [3.8, 4) is 0 Å². The van der Waals surface area contributed by atoms with Crippen LogP contribution in [0.2, 0.25) is 0 Å². The first-order valence-corrected chi connectivity index (χ1v) is 7.18. The normalized spacial score (nSPS) is 10.9. The van der Waals surface area contributed by atoms with Gasteiger partial charge in [-0.05, 0) is 33.0 Å². The van der Waals surface area contributed by atoms with Crippen molar-refractivity contribution in [2.75, 3.05) is 43.4 Å². The molecular weight excluding hydrogens is 262 g/mol. The quantitative estimate of drug-likeness (QED) is 0.685. The minimum atomic E-state index is -0.668. The number of hydrogen-bond acceptors (Lipinski definition) is 4. The van der Waals surface area contributed by atoms with Crippen LogP contribution in [0.4, 0.5) is 20.4 Å². The van der Waals surface area contributed by atoms with E-state index in [2.05, 4.69) is 34.4 Å². The predicted octanol–water partition coefficient (Wildman–Crippen LogP) is 2.94. The van der Waals surface area contributed by atoms with Gasteiger partial charge in [-0.3, -0.25) is 0 Å². The number of nitrogens with one attached hydrogen (secondary N) is 2. The summed E-state index contributed by atoms with van der Waals surface area (Å²) in [5.41, 5.74) is 0. The molecule has 114 valence electrons. The number of pyridine rings is 1. The summed E-state index contributed by atoms with van der Waals surface area (Å²) in [6, 6.07) is 0.859. The van der Waals surface area contributed by atoms with Crippen molar-refractivity contribution >= 4 is 11.6 Å². The number of rotatable bonds is 9. The predicted molar refractivity (Wildman–Crippen MR) is 79.2 cm³/mol. The molecule has 20 heavy (non-hydrogen) atoms. The van der Waals surface area contributed by atoms with Crippen molar-refractivity contribution in [2.24, 2.45) is 0 Å². The highest BCUT2D eigenvalue weighted by Crippen LogP contribution is 2.18. The van der Waals surface area contributed by atoms with Crippen LogP contribution in [0.25, 0.3) is 0 Å². The molecule has 2 N–H and O–H groups in total. The van der Waals surface area contributed by atoms with Crippen LogP contribution in [-0.4, -0.2) is 42.6 Å². The van der Waals surface area contributed by atoms with Crippen molar-refractivity contribution in [1.29, 1.82) is 0 Å². The van der Waals surface area contributed by atoms with Crippen LogP contribution in [0.5, 0.6) is 0 Å². The SMILES string of the molecule is CCNc1nc(NCCCN(CC)CC)c(F)cc1F. The second kappa shape index (κ2) is 8.68. The van der Waals surface area contributed by atoms with E-state index in [1.165, 1.54) is 0 Å². The molecule has 0 amide bonds. The Bertz CT molecular complexity index is 408. The monoisotopic (exact) mass is 286 g/mol. The molecule has 0 spiro atoms. The number of nitrogens with zero attached hydrogens (tertiary/aromatic N) is 2. The molecule has 0 saturated carbocycles. The smallest absolute Gasteiger partial charge is 0.168 e. The molecule has 1 rings (SSSR count). The van der Waals surface area contributed by atoms with E-state index >= 15 is 0 Å². The number of halogens is 2. The topological polar surface area (TPSA) is 40.2 Å². The Morgan fingerprint density at radius 2 is 1.65 bits per heavy atom. The summed E-state index contributed by atoms with van der Waals surface area (Å²) >= 11 is 0. The summed E-state index contributed by atoms with van der Waals surface area (Å²) in [5.74, 6) is -1.15. The first-order valence-electron chi connectivity index (χ1n) is 7.18. The fourth-order valence-electron chi connectivity index (χ4n) is 1.93. The second-order valence-corrected chi connectivity index (χ2v) is 4.49. The summed E-state index contributed by atoms with van der Waals surface area (Å²) < 4.78 is 27.0. The lowest BCUT2D eigenvalue weighted by atomic mass is 10.3. The Hall–Kier alpha value is -1.43. The molecule has 1 aromatic heterocycles. The van der Waals surface area contributed by atoms with Crippen LogP contribution in [0.3, 0.4) is 0 Å². The van der Waals surface area contributed by atoms with Crippen LogP contribution < -0.4 is 10.6 Å². The van der Waals surface area contributed by atoms with Gasteiger partial charge in [-0.25, -0.2) is 13.8 Å². The van der Waals surface area contributed by atoms with Crippen LogP contribution in [-0.2, 0) is 0 Å². The van der Waals surface area contributed by atoms with Gasteiger partial charge in [0.25, 0.3) is 0 Å². The number of anilines is 2. The van der Waals surface area contributed by atoms with Gasteiger partial charge in [0.05, 0.1) is 0 Å². The maximum atomic E-state index is 13.6. The molecule has 0 saturated heterocycles. The van der Waals surface area contributed by atoms with Gasteiger partial charge in [0.2, 0.25) is 0 Å². The lowest BCUT2D eigenvalue weighted by molar-refractivity contribution is 0.303. The van der Waals surface area contributed by atoms with E-state index in [4.69, 9.17) is 0 Å². The van der Waals surface area contributed by atoms with Crippen LogP contribution in [0, 0.1) is 11.6 Å². The van der Waals surface area contributed by atoms with Crippen molar-refractivity contribution < 1.29 is 8.78 Å². The molecule has 0 aliphatic heterocycles. The lowest BCUT2D eigenvalue weighted by Gasteiger charge is -2.18. The fourth-order valence-corrected chi connectivity index (χ4v) is 1.93. The van der Waals surface area contributed by atoms with Crippen molar-refractivity contribution in [3.05, 3.63) is 17.7 Å². The van der Waals surface area contributed by atoms with Gasteiger partial charge >= 0.3 is 0 Å². The summed E-state index contributed by atoms with van der Waals surface area (Å²) in [5, 5.41) is 5.69. The Labute approximate surface area is 119 Å². The third kappa shape index (κ3) is 4.92. The lowest BCUT2D eigenvalue weighted by Crippen LogP contribution is -2.25. The van der Waals surface area contributed by atoms with E-state index in [9.17, 15) is 8.78 Å². The van der Waals surface area contributed by atoms with Gasteiger partial charge in [-0.15, -0.1) is 0 Å². The highest BCUT2D eigenvalue weighted by Gasteiger charge is 2.11. The maximum Gasteiger partial charge on any atom is 0.168 e. The Kier molecular flexibility index (Phi) is 7.22. The van der Waals surface area contributed by atoms with Gasteiger partial charge in [0.15, 0.2) is 23.3 Å². The molecule has 0 bridgehead atoms. The standard InChI is InChI=1S/C14H24F2N4/c1-4-17-13-11(15)10-12(16)14(19-13)18-8-7-9-20(5-2)6-3/h10H,4-9H2,1-3H3,(H2,17,18,19). The Morgan fingerprint density at radius 3 is 2.20 bits per heavy atom. The molecule has 0 fully saturated rings. The third-order valence-electron chi connectivity index (χ3n) is 3.11. The zero-order valence-electron chi connectivity index (χ0n) is 12.5. The average molecular weight is 286 g/mol. The molecule has 6 heteroatoms. The van der Waals surface area contributed by atoms with Gasteiger partial charge in [-0.1, -0.05) is 13.8 Å². The van der Waals surface area contributed by atoms with E-state index in [-0.39, 0.29) is 11.6 Å². The Balaban J connectivity index is 2.53. The largest absolute Gasteiger partial charge is 0.368 e. The summed E-state index contributed by atoms with van der Waals surface area (Å²) in [7, 11) is 0. The van der Waals surface area contributed by atoms with Gasteiger partial charge in [-0.2, -0.15) is 0 Å². The summed E-state index contributed by atoms with van der Waals surface area (Å²) in [6.07, 6.45) is 0.886. The van der Waals surface area contributed by atoms with E-state index in [1.54, 1.807) is 0 Å². The minimum absolute atomic E-state index is 0.0835. The van der Waals surface area contributed by atoms with E-state index in [0.29, 0.717) is 13.1 Å². The first-order chi connectivity index (χ1) is 9.62. The Morgan fingerprint density at radius 1 is 1.05 bits per heavy atom. The third-order valence-corrected chi connectivity index (χ3v) is 3.11. The highest BCUT2D eigenvalue weighted by atomic mass is 19.1. The van der Waals surface area contributed by atoms with Crippen LogP contribution in [0.15, 0.2) is 6.07 Å². The van der Waals surface area contributed by atoms with Crippen molar-refractivity contribution in [3.63, 3.8) is 0 Å². The number of hydrogen-bond donors (Lipinski definition) is 2.